The van der Waals surface area contributed by atoms with Crippen molar-refractivity contribution in [1.29, 1.82) is 0 Å². The summed E-state index contributed by atoms with van der Waals surface area (Å²) in [7, 11) is 0. The molecule has 0 heterocycles. The molecule has 1 saturated carbocycles. The molecule has 0 aromatic heterocycles. The highest BCUT2D eigenvalue weighted by molar-refractivity contribution is 5.85. The highest BCUT2D eigenvalue weighted by atomic mass is 14.9. The Morgan fingerprint density at radius 2 is 1.81 bits per heavy atom. The molecule has 21 heavy (non-hydrogen) atoms. The average molecular weight is 281 g/mol. The van der Waals surface area contributed by atoms with Crippen molar-refractivity contribution in [3.8, 4) is 0 Å². The minimum Gasteiger partial charge on any atom is -0.314 e. The molecule has 0 spiro atoms. The molecule has 1 aliphatic rings. The van der Waals surface area contributed by atoms with Gasteiger partial charge in [0.2, 0.25) is 0 Å². The third kappa shape index (κ3) is 3.65. The van der Waals surface area contributed by atoms with Crippen LogP contribution in [0.5, 0.6) is 0 Å². The summed E-state index contributed by atoms with van der Waals surface area (Å²) in [5.41, 5.74) is 1.50. The van der Waals surface area contributed by atoms with Crippen LogP contribution in [0.1, 0.15) is 44.6 Å². The molecule has 3 rings (SSSR count). The molecular weight excluding hydrogens is 254 g/mol. The number of rotatable bonds is 6. The SMILES string of the molecule is CCNC(Cc1cccc2ccccc12)CC1CCCC1. The van der Waals surface area contributed by atoms with Crippen molar-refractivity contribution in [2.45, 2.75) is 51.5 Å². The highest BCUT2D eigenvalue weighted by Gasteiger charge is 2.20. The number of benzene rings is 2. The number of fused-ring (bicyclic) bond motifs is 1. The van der Waals surface area contributed by atoms with Gasteiger partial charge in [0.15, 0.2) is 0 Å². The predicted octanol–water partition coefficient (Wildman–Crippen LogP) is 4.94. The van der Waals surface area contributed by atoms with Crippen molar-refractivity contribution < 1.29 is 0 Å². The largest absolute Gasteiger partial charge is 0.314 e. The Hall–Kier alpha value is -1.34. The van der Waals surface area contributed by atoms with Gasteiger partial charge >= 0.3 is 0 Å². The van der Waals surface area contributed by atoms with E-state index in [-0.39, 0.29) is 0 Å². The summed E-state index contributed by atoms with van der Waals surface area (Å²) in [5.74, 6) is 0.948. The number of hydrogen-bond acceptors (Lipinski definition) is 1. The first-order valence-electron chi connectivity index (χ1n) is 8.57. The molecule has 112 valence electrons. The van der Waals surface area contributed by atoms with Crippen molar-refractivity contribution >= 4 is 10.8 Å². The highest BCUT2D eigenvalue weighted by Crippen LogP contribution is 2.30. The molecule has 1 fully saturated rings. The second-order valence-electron chi connectivity index (χ2n) is 6.48. The average Bonchev–Trinajstić information content (AvgIpc) is 3.01. The van der Waals surface area contributed by atoms with Crippen LogP contribution >= 0.6 is 0 Å². The fourth-order valence-electron chi connectivity index (χ4n) is 3.91. The molecule has 0 radical (unpaired) electrons. The molecule has 0 aliphatic heterocycles. The standard InChI is InChI=1S/C20H27N/c1-2-21-19(14-16-8-3-4-9-16)15-18-12-7-11-17-10-5-6-13-20(17)18/h5-7,10-13,16,19,21H,2-4,8-9,14-15H2,1H3. The van der Waals surface area contributed by atoms with Crippen molar-refractivity contribution in [1.82, 2.24) is 5.32 Å². The van der Waals surface area contributed by atoms with E-state index in [1.165, 1.54) is 48.4 Å². The molecule has 0 saturated heterocycles. The van der Waals surface area contributed by atoms with E-state index in [9.17, 15) is 0 Å². The van der Waals surface area contributed by atoms with Gasteiger partial charge in [-0.25, -0.2) is 0 Å². The molecule has 1 atom stereocenters. The first-order valence-corrected chi connectivity index (χ1v) is 8.57. The predicted molar refractivity (Wildman–Crippen MR) is 91.7 cm³/mol. The van der Waals surface area contributed by atoms with Gasteiger partial charge in [0.05, 0.1) is 0 Å². The molecule has 0 amide bonds. The summed E-state index contributed by atoms with van der Waals surface area (Å²) in [4.78, 5) is 0. The molecule has 2 aromatic carbocycles. The van der Waals surface area contributed by atoms with Crippen LogP contribution < -0.4 is 5.32 Å². The number of hydrogen-bond donors (Lipinski definition) is 1. The summed E-state index contributed by atoms with van der Waals surface area (Å²) < 4.78 is 0. The van der Waals surface area contributed by atoms with E-state index < -0.39 is 0 Å². The maximum atomic E-state index is 3.72. The van der Waals surface area contributed by atoms with Crippen LogP contribution in [0.2, 0.25) is 0 Å². The fourth-order valence-corrected chi connectivity index (χ4v) is 3.91. The zero-order chi connectivity index (χ0) is 14.5. The molecule has 1 N–H and O–H groups in total. The Bertz CT molecular complexity index is 564. The Morgan fingerprint density at radius 1 is 1.05 bits per heavy atom. The van der Waals surface area contributed by atoms with Gasteiger partial charge in [-0.1, -0.05) is 75.1 Å². The Morgan fingerprint density at radius 3 is 2.62 bits per heavy atom. The van der Waals surface area contributed by atoms with Crippen molar-refractivity contribution in [2.75, 3.05) is 6.54 Å². The zero-order valence-electron chi connectivity index (χ0n) is 13.1. The smallest absolute Gasteiger partial charge is 0.0110 e. The van der Waals surface area contributed by atoms with Crippen molar-refractivity contribution in [3.63, 3.8) is 0 Å². The minimum absolute atomic E-state index is 0.629. The molecule has 1 unspecified atom stereocenters. The van der Waals surface area contributed by atoms with Crippen LogP contribution in [0, 0.1) is 5.92 Å². The summed E-state index contributed by atoms with van der Waals surface area (Å²) >= 11 is 0. The van der Waals surface area contributed by atoms with Gasteiger partial charge in [-0.15, -0.1) is 0 Å². The second kappa shape index (κ2) is 7.09. The van der Waals surface area contributed by atoms with Gasteiger partial charge in [0, 0.05) is 6.04 Å². The third-order valence-corrected chi connectivity index (χ3v) is 4.93. The quantitative estimate of drug-likeness (QED) is 0.790. The van der Waals surface area contributed by atoms with Crippen molar-refractivity contribution in [3.05, 3.63) is 48.0 Å². The van der Waals surface area contributed by atoms with E-state index in [4.69, 9.17) is 0 Å². The summed E-state index contributed by atoms with van der Waals surface area (Å²) in [5, 5.41) is 6.51. The van der Waals surface area contributed by atoms with E-state index in [1.807, 2.05) is 0 Å². The lowest BCUT2D eigenvalue weighted by Gasteiger charge is -2.22. The summed E-state index contributed by atoms with van der Waals surface area (Å²) in [6.07, 6.45) is 8.27. The van der Waals surface area contributed by atoms with E-state index >= 15 is 0 Å². The fraction of sp³-hybridized carbons (Fsp3) is 0.500. The number of likely N-dealkylation sites (N-methyl/N-ethyl adjacent to an activating group) is 1. The second-order valence-corrected chi connectivity index (χ2v) is 6.48. The van der Waals surface area contributed by atoms with Crippen LogP contribution in [0.15, 0.2) is 42.5 Å². The van der Waals surface area contributed by atoms with Crippen LogP contribution in [0.4, 0.5) is 0 Å². The third-order valence-electron chi connectivity index (χ3n) is 4.93. The normalized spacial score (nSPS) is 17.4. The molecule has 0 bridgehead atoms. The van der Waals surface area contributed by atoms with E-state index in [0.29, 0.717) is 6.04 Å². The minimum atomic E-state index is 0.629. The maximum Gasteiger partial charge on any atom is 0.0110 e. The maximum absolute atomic E-state index is 3.72. The van der Waals surface area contributed by atoms with Crippen LogP contribution in [-0.2, 0) is 6.42 Å². The first-order chi connectivity index (χ1) is 10.4. The zero-order valence-corrected chi connectivity index (χ0v) is 13.1. The topological polar surface area (TPSA) is 12.0 Å². The molecule has 1 aliphatic carbocycles. The molecule has 1 nitrogen and oxygen atoms in total. The van der Waals surface area contributed by atoms with E-state index in [0.717, 1.165) is 18.9 Å². The van der Waals surface area contributed by atoms with E-state index in [1.54, 1.807) is 0 Å². The Balaban J connectivity index is 1.76. The van der Waals surface area contributed by atoms with Crippen molar-refractivity contribution in [2.24, 2.45) is 5.92 Å². The van der Waals surface area contributed by atoms with Gasteiger partial charge in [-0.2, -0.15) is 0 Å². The van der Waals surface area contributed by atoms with Crippen LogP contribution in [-0.4, -0.2) is 12.6 Å². The Labute approximate surface area is 128 Å². The van der Waals surface area contributed by atoms with E-state index in [2.05, 4.69) is 54.7 Å². The summed E-state index contributed by atoms with van der Waals surface area (Å²) in [6.45, 7) is 3.30. The lowest BCUT2D eigenvalue weighted by atomic mass is 9.92. The van der Waals surface area contributed by atoms with Gasteiger partial charge in [0.25, 0.3) is 0 Å². The Kier molecular flexibility index (Phi) is 4.92. The van der Waals surface area contributed by atoms with Crippen LogP contribution in [0.25, 0.3) is 10.8 Å². The van der Waals surface area contributed by atoms with Gasteiger partial charge < -0.3 is 5.32 Å². The molecule has 1 heteroatoms. The van der Waals surface area contributed by atoms with Gasteiger partial charge in [-0.05, 0) is 41.6 Å². The lowest BCUT2D eigenvalue weighted by Crippen LogP contribution is -2.32. The summed E-state index contributed by atoms with van der Waals surface area (Å²) in [6, 6.07) is 16.1. The lowest BCUT2D eigenvalue weighted by molar-refractivity contribution is 0.391. The monoisotopic (exact) mass is 281 g/mol. The molecule has 2 aromatic rings. The number of nitrogens with one attached hydrogen (secondary N) is 1. The van der Waals surface area contributed by atoms with Gasteiger partial charge in [-0.3, -0.25) is 0 Å². The molecular formula is C20H27N. The first kappa shape index (κ1) is 14.6. The van der Waals surface area contributed by atoms with Crippen LogP contribution in [0.3, 0.4) is 0 Å². The van der Waals surface area contributed by atoms with Gasteiger partial charge in [0.1, 0.15) is 0 Å².